The zero-order valence-corrected chi connectivity index (χ0v) is 11.9. The van der Waals surface area contributed by atoms with E-state index in [4.69, 9.17) is 0 Å². The topological polar surface area (TPSA) is 93.0 Å². The fourth-order valence-corrected chi connectivity index (χ4v) is 2.46. The van der Waals surface area contributed by atoms with Gasteiger partial charge in [-0.05, 0) is 22.6 Å². The molecule has 0 bridgehead atoms. The Balaban J connectivity index is 1.51. The lowest BCUT2D eigenvalue weighted by Gasteiger charge is -2.17. The number of rotatable bonds is 5. The van der Waals surface area contributed by atoms with Gasteiger partial charge in [0.15, 0.2) is 0 Å². The molecular formula is C14H16N6O2. The van der Waals surface area contributed by atoms with Gasteiger partial charge in [-0.25, -0.2) is 4.68 Å². The summed E-state index contributed by atoms with van der Waals surface area (Å²) in [4.78, 5) is 25.7. The van der Waals surface area contributed by atoms with Gasteiger partial charge in [-0.1, -0.05) is 18.2 Å². The van der Waals surface area contributed by atoms with Gasteiger partial charge >= 0.3 is 0 Å². The quantitative estimate of drug-likeness (QED) is 0.838. The molecule has 1 saturated heterocycles. The minimum Gasteiger partial charge on any atom is -0.351 e. The first-order chi connectivity index (χ1) is 10.7. The summed E-state index contributed by atoms with van der Waals surface area (Å²) >= 11 is 0. The minimum atomic E-state index is -0.158. The van der Waals surface area contributed by atoms with Crippen molar-refractivity contribution in [2.75, 3.05) is 11.4 Å². The van der Waals surface area contributed by atoms with E-state index in [-0.39, 0.29) is 24.3 Å². The second-order valence-electron chi connectivity index (χ2n) is 5.13. The van der Waals surface area contributed by atoms with Crippen LogP contribution in [0.3, 0.4) is 0 Å². The monoisotopic (exact) mass is 300 g/mol. The van der Waals surface area contributed by atoms with Gasteiger partial charge in [-0.2, -0.15) is 0 Å². The molecule has 2 heterocycles. The van der Waals surface area contributed by atoms with E-state index >= 15 is 0 Å². The van der Waals surface area contributed by atoms with Crippen molar-refractivity contribution in [3.63, 3.8) is 0 Å². The van der Waals surface area contributed by atoms with Crippen LogP contribution in [0.25, 0.3) is 0 Å². The van der Waals surface area contributed by atoms with E-state index in [2.05, 4.69) is 20.8 Å². The number of aromatic nitrogens is 4. The summed E-state index contributed by atoms with van der Waals surface area (Å²) < 4.78 is 1.50. The minimum absolute atomic E-state index is 0.0250. The summed E-state index contributed by atoms with van der Waals surface area (Å²) in [5.74, 6) is -0.0832. The number of nitrogens with zero attached hydrogens (tertiary/aromatic N) is 5. The summed E-state index contributed by atoms with van der Waals surface area (Å²) in [6.07, 6.45) is 2.07. The number of aryl methyl sites for hydroxylation is 1. The van der Waals surface area contributed by atoms with E-state index in [1.54, 1.807) is 4.90 Å². The Morgan fingerprint density at radius 3 is 2.86 bits per heavy atom. The molecule has 0 unspecified atom stereocenters. The lowest BCUT2D eigenvalue weighted by molar-refractivity contribution is -0.122. The van der Waals surface area contributed by atoms with E-state index in [9.17, 15) is 9.59 Å². The highest BCUT2D eigenvalue weighted by atomic mass is 16.2. The highest BCUT2D eigenvalue weighted by molar-refractivity contribution is 5.96. The number of anilines is 1. The first-order valence-corrected chi connectivity index (χ1v) is 7.08. The molecule has 1 aromatic carbocycles. The molecule has 0 radical (unpaired) electrons. The van der Waals surface area contributed by atoms with Crippen molar-refractivity contribution in [2.24, 2.45) is 0 Å². The predicted octanol–water partition coefficient (Wildman–Crippen LogP) is -0.0151. The number of carbonyl (C=O) groups is 2. The summed E-state index contributed by atoms with van der Waals surface area (Å²) in [7, 11) is 0. The van der Waals surface area contributed by atoms with Gasteiger partial charge in [0.05, 0.1) is 12.6 Å². The molecule has 3 rings (SSSR count). The first kappa shape index (κ1) is 14.2. The zero-order chi connectivity index (χ0) is 15.4. The molecule has 2 amide bonds. The highest BCUT2D eigenvalue weighted by Crippen LogP contribution is 2.20. The Bertz CT molecular complexity index is 643. The SMILES string of the molecule is O=C(CCn1cnnn1)N[C@@H]1CC(=O)N(c2ccccc2)C1. The molecule has 114 valence electrons. The standard InChI is InChI=1S/C14H16N6O2/c21-13(6-7-19-10-15-17-18-19)16-11-8-14(22)20(9-11)12-4-2-1-3-5-12/h1-5,10-11H,6-9H2,(H,16,21)/t11-/m1/s1. The maximum atomic E-state index is 12.1. The molecule has 0 aliphatic carbocycles. The third-order valence-electron chi connectivity index (χ3n) is 3.52. The molecule has 0 saturated carbocycles. The second kappa shape index (κ2) is 6.33. The molecule has 0 spiro atoms. The molecule has 1 aliphatic heterocycles. The third kappa shape index (κ3) is 3.27. The molecule has 8 heteroatoms. The van der Waals surface area contributed by atoms with Gasteiger partial charge in [0.2, 0.25) is 11.8 Å². The molecule has 2 aromatic rings. The molecule has 1 aromatic heterocycles. The molecule has 1 N–H and O–H groups in total. The van der Waals surface area contributed by atoms with Crippen LogP contribution in [0.15, 0.2) is 36.7 Å². The van der Waals surface area contributed by atoms with Crippen LogP contribution in [-0.4, -0.2) is 44.6 Å². The number of benzene rings is 1. The van der Waals surface area contributed by atoms with Gasteiger partial charge in [0, 0.05) is 25.1 Å². The van der Waals surface area contributed by atoms with Crippen molar-refractivity contribution in [1.82, 2.24) is 25.5 Å². The molecule has 22 heavy (non-hydrogen) atoms. The Morgan fingerprint density at radius 2 is 2.14 bits per heavy atom. The molecule has 1 fully saturated rings. The largest absolute Gasteiger partial charge is 0.351 e. The lowest BCUT2D eigenvalue weighted by Crippen LogP contribution is -2.37. The molecule has 1 atom stereocenters. The maximum absolute atomic E-state index is 12.1. The maximum Gasteiger partial charge on any atom is 0.229 e. The number of para-hydroxylation sites is 1. The van der Waals surface area contributed by atoms with Crippen LogP contribution in [0.2, 0.25) is 0 Å². The van der Waals surface area contributed by atoms with Crippen molar-refractivity contribution < 1.29 is 9.59 Å². The van der Waals surface area contributed by atoms with E-state index in [1.807, 2.05) is 30.3 Å². The molecule has 1 aliphatic rings. The van der Waals surface area contributed by atoms with Crippen molar-refractivity contribution in [3.8, 4) is 0 Å². The van der Waals surface area contributed by atoms with Crippen LogP contribution >= 0.6 is 0 Å². The van der Waals surface area contributed by atoms with Gasteiger partial charge in [-0.3, -0.25) is 9.59 Å². The average Bonchev–Trinajstić information content (AvgIpc) is 3.16. The van der Waals surface area contributed by atoms with Crippen molar-refractivity contribution >= 4 is 17.5 Å². The Kier molecular flexibility index (Phi) is 4.08. The van der Waals surface area contributed by atoms with Crippen LogP contribution in [0, 0.1) is 0 Å². The number of hydrogen-bond donors (Lipinski definition) is 1. The molecular weight excluding hydrogens is 284 g/mol. The summed E-state index contributed by atoms with van der Waals surface area (Å²) in [6, 6.07) is 9.30. The number of amides is 2. The summed E-state index contributed by atoms with van der Waals surface area (Å²) in [6.45, 7) is 0.918. The summed E-state index contributed by atoms with van der Waals surface area (Å²) in [5.41, 5.74) is 0.859. The lowest BCUT2D eigenvalue weighted by atomic mass is 10.2. The van der Waals surface area contributed by atoms with Crippen LogP contribution in [0.4, 0.5) is 5.69 Å². The van der Waals surface area contributed by atoms with Gasteiger partial charge in [0.25, 0.3) is 0 Å². The first-order valence-electron chi connectivity index (χ1n) is 7.08. The van der Waals surface area contributed by atoms with Crippen molar-refractivity contribution in [2.45, 2.75) is 25.4 Å². The Morgan fingerprint density at radius 1 is 1.32 bits per heavy atom. The Labute approximate surface area is 127 Å². The van der Waals surface area contributed by atoms with E-state index in [0.717, 1.165) is 5.69 Å². The summed E-state index contributed by atoms with van der Waals surface area (Å²) in [5, 5.41) is 13.6. The molecule has 8 nitrogen and oxygen atoms in total. The van der Waals surface area contributed by atoms with Gasteiger partial charge < -0.3 is 10.2 Å². The van der Waals surface area contributed by atoms with Crippen molar-refractivity contribution in [3.05, 3.63) is 36.7 Å². The van der Waals surface area contributed by atoms with Crippen molar-refractivity contribution in [1.29, 1.82) is 0 Å². The average molecular weight is 300 g/mol. The third-order valence-corrected chi connectivity index (χ3v) is 3.52. The zero-order valence-electron chi connectivity index (χ0n) is 11.9. The number of nitrogens with one attached hydrogen (secondary N) is 1. The number of carbonyl (C=O) groups excluding carboxylic acids is 2. The second-order valence-corrected chi connectivity index (χ2v) is 5.13. The number of tetrazole rings is 1. The van der Waals surface area contributed by atoms with Crippen LogP contribution in [0.5, 0.6) is 0 Å². The van der Waals surface area contributed by atoms with Gasteiger partial charge in [0.1, 0.15) is 6.33 Å². The van der Waals surface area contributed by atoms with E-state index in [1.165, 1.54) is 11.0 Å². The smallest absolute Gasteiger partial charge is 0.229 e. The predicted molar refractivity (Wildman–Crippen MR) is 77.8 cm³/mol. The normalized spacial score (nSPS) is 17.7. The van der Waals surface area contributed by atoms with Gasteiger partial charge in [-0.15, -0.1) is 5.10 Å². The van der Waals surface area contributed by atoms with Crippen LogP contribution in [-0.2, 0) is 16.1 Å². The van der Waals surface area contributed by atoms with Crippen LogP contribution < -0.4 is 10.2 Å². The number of hydrogen-bond acceptors (Lipinski definition) is 5. The highest BCUT2D eigenvalue weighted by Gasteiger charge is 2.31. The van der Waals surface area contributed by atoms with Crippen LogP contribution in [0.1, 0.15) is 12.8 Å². The van der Waals surface area contributed by atoms with E-state index in [0.29, 0.717) is 19.5 Å². The van der Waals surface area contributed by atoms with E-state index < -0.39 is 0 Å². The Hall–Kier alpha value is -2.77. The fraction of sp³-hybridized carbons (Fsp3) is 0.357. The fourth-order valence-electron chi connectivity index (χ4n) is 2.46.